The molecule has 21 heavy (non-hydrogen) atoms. The second-order valence-corrected chi connectivity index (χ2v) is 4.50. The Morgan fingerprint density at radius 3 is 2.48 bits per heavy atom. The number of benzene rings is 2. The molecule has 0 bridgehead atoms. The van der Waals surface area contributed by atoms with E-state index in [1.807, 2.05) is 30.3 Å². The maximum Gasteiger partial charge on any atom is 0.257 e. The van der Waals surface area contributed by atoms with Crippen LogP contribution in [0, 0.1) is 5.82 Å². The van der Waals surface area contributed by atoms with Gasteiger partial charge in [0.2, 0.25) is 5.89 Å². The maximum atomic E-state index is 13.5. The second-order valence-electron chi connectivity index (χ2n) is 4.50. The molecule has 2 aromatic carbocycles. The minimum atomic E-state index is -0.535. The Labute approximate surface area is 121 Å². The van der Waals surface area contributed by atoms with Crippen LogP contribution in [0.3, 0.4) is 0 Å². The minimum absolute atomic E-state index is 0.157. The fourth-order valence-electron chi connectivity index (χ4n) is 1.88. The molecule has 1 aromatic heterocycles. The van der Waals surface area contributed by atoms with Gasteiger partial charge in [0.1, 0.15) is 0 Å². The van der Waals surface area contributed by atoms with Gasteiger partial charge in [0, 0.05) is 5.56 Å². The van der Waals surface area contributed by atoms with Gasteiger partial charge in [0.15, 0.2) is 17.7 Å². The van der Waals surface area contributed by atoms with Crippen molar-refractivity contribution >= 4 is 0 Å². The Morgan fingerprint density at radius 2 is 1.71 bits per heavy atom. The van der Waals surface area contributed by atoms with Crippen molar-refractivity contribution in [3.8, 4) is 17.2 Å². The number of rotatable bonds is 4. The molecule has 0 saturated heterocycles. The quantitative estimate of drug-likeness (QED) is 0.726. The Hall–Kier alpha value is -2.69. The first-order valence-electron chi connectivity index (χ1n) is 6.54. The zero-order chi connectivity index (χ0) is 14.7. The molecule has 0 amide bonds. The van der Waals surface area contributed by atoms with E-state index >= 15 is 0 Å². The standard InChI is InChI=1S/C16H13FN2O2/c1-11(20-14-10-6-5-9-13(14)17)15-18-19-16(21-15)12-7-3-2-4-8-12/h2-11H,1H3/t11-/m0/s1. The Kier molecular flexibility index (Phi) is 3.64. The van der Waals surface area contributed by atoms with Gasteiger partial charge < -0.3 is 9.15 Å². The monoisotopic (exact) mass is 284 g/mol. The van der Waals surface area contributed by atoms with Crippen LogP contribution in [0.5, 0.6) is 5.75 Å². The molecular formula is C16H13FN2O2. The smallest absolute Gasteiger partial charge is 0.257 e. The van der Waals surface area contributed by atoms with E-state index < -0.39 is 11.9 Å². The third-order valence-corrected chi connectivity index (χ3v) is 2.95. The normalized spacial score (nSPS) is 12.1. The van der Waals surface area contributed by atoms with Crippen LogP contribution >= 0.6 is 0 Å². The van der Waals surface area contributed by atoms with Crippen molar-refractivity contribution in [2.45, 2.75) is 13.0 Å². The maximum absolute atomic E-state index is 13.5. The molecule has 0 radical (unpaired) electrons. The van der Waals surface area contributed by atoms with Gasteiger partial charge in [-0.1, -0.05) is 30.3 Å². The lowest BCUT2D eigenvalue weighted by Crippen LogP contribution is -2.04. The highest BCUT2D eigenvalue weighted by Crippen LogP contribution is 2.25. The average Bonchev–Trinajstić information content (AvgIpc) is 3.00. The molecule has 0 N–H and O–H groups in total. The van der Waals surface area contributed by atoms with E-state index in [1.54, 1.807) is 25.1 Å². The van der Waals surface area contributed by atoms with Crippen LogP contribution in [0.4, 0.5) is 4.39 Å². The topological polar surface area (TPSA) is 48.2 Å². The molecule has 0 aliphatic rings. The van der Waals surface area contributed by atoms with Crippen molar-refractivity contribution in [1.29, 1.82) is 0 Å². The molecule has 106 valence electrons. The van der Waals surface area contributed by atoms with Crippen LogP contribution in [0.2, 0.25) is 0 Å². The number of aromatic nitrogens is 2. The molecule has 3 aromatic rings. The fraction of sp³-hybridized carbons (Fsp3) is 0.125. The predicted octanol–water partition coefficient (Wildman–Crippen LogP) is 4.02. The van der Waals surface area contributed by atoms with Gasteiger partial charge in [-0.25, -0.2) is 4.39 Å². The average molecular weight is 284 g/mol. The second kappa shape index (κ2) is 5.75. The van der Waals surface area contributed by atoms with Gasteiger partial charge >= 0.3 is 0 Å². The Balaban J connectivity index is 1.79. The third kappa shape index (κ3) is 2.91. The summed E-state index contributed by atoms with van der Waals surface area (Å²) in [6.45, 7) is 1.73. The van der Waals surface area contributed by atoms with Crippen LogP contribution in [0.15, 0.2) is 59.0 Å². The molecule has 0 aliphatic carbocycles. The van der Waals surface area contributed by atoms with Crippen LogP contribution in [0.25, 0.3) is 11.5 Å². The van der Waals surface area contributed by atoms with Crippen LogP contribution in [-0.2, 0) is 0 Å². The lowest BCUT2D eigenvalue weighted by Gasteiger charge is -2.11. The van der Waals surface area contributed by atoms with E-state index in [1.165, 1.54) is 6.07 Å². The van der Waals surface area contributed by atoms with Gasteiger partial charge in [0.25, 0.3) is 5.89 Å². The van der Waals surface area contributed by atoms with Gasteiger partial charge in [-0.05, 0) is 31.2 Å². The van der Waals surface area contributed by atoms with E-state index in [4.69, 9.17) is 9.15 Å². The predicted molar refractivity (Wildman–Crippen MR) is 75.2 cm³/mol. The van der Waals surface area contributed by atoms with Crippen molar-refractivity contribution in [2.24, 2.45) is 0 Å². The number of nitrogens with zero attached hydrogens (tertiary/aromatic N) is 2. The van der Waals surface area contributed by atoms with Crippen molar-refractivity contribution in [3.63, 3.8) is 0 Å². The summed E-state index contributed by atoms with van der Waals surface area (Å²) in [4.78, 5) is 0. The lowest BCUT2D eigenvalue weighted by molar-refractivity contribution is 0.182. The molecular weight excluding hydrogens is 271 g/mol. The van der Waals surface area contributed by atoms with Gasteiger partial charge in [-0.3, -0.25) is 0 Å². The number of ether oxygens (including phenoxy) is 1. The summed E-state index contributed by atoms with van der Waals surface area (Å²) in [7, 11) is 0. The Morgan fingerprint density at radius 1 is 1.00 bits per heavy atom. The van der Waals surface area contributed by atoms with Gasteiger partial charge in [0.05, 0.1) is 0 Å². The largest absolute Gasteiger partial charge is 0.478 e. The first-order chi connectivity index (χ1) is 10.2. The zero-order valence-electron chi connectivity index (χ0n) is 11.4. The summed E-state index contributed by atoms with van der Waals surface area (Å²) in [5, 5.41) is 7.94. The number of para-hydroxylation sites is 1. The van der Waals surface area contributed by atoms with E-state index in [9.17, 15) is 4.39 Å². The van der Waals surface area contributed by atoms with E-state index in [-0.39, 0.29) is 5.75 Å². The van der Waals surface area contributed by atoms with Crippen LogP contribution in [-0.4, -0.2) is 10.2 Å². The highest BCUT2D eigenvalue weighted by Gasteiger charge is 2.17. The van der Waals surface area contributed by atoms with Crippen LogP contribution < -0.4 is 4.74 Å². The molecule has 1 atom stereocenters. The van der Waals surface area contributed by atoms with Crippen molar-refractivity contribution in [2.75, 3.05) is 0 Å². The fourth-order valence-corrected chi connectivity index (χ4v) is 1.88. The summed E-state index contributed by atoms with van der Waals surface area (Å²) < 4.78 is 24.6. The van der Waals surface area contributed by atoms with Crippen molar-refractivity contribution in [1.82, 2.24) is 10.2 Å². The van der Waals surface area contributed by atoms with E-state index in [0.717, 1.165) is 5.56 Å². The lowest BCUT2D eigenvalue weighted by atomic mass is 10.2. The van der Waals surface area contributed by atoms with E-state index in [0.29, 0.717) is 11.8 Å². The Bertz CT molecular complexity index is 728. The van der Waals surface area contributed by atoms with Crippen molar-refractivity contribution < 1.29 is 13.5 Å². The first kappa shape index (κ1) is 13.3. The molecule has 0 fully saturated rings. The van der Waals surface area contributed by atoms with Crippen LogP contribution in [0.1, 0.15) is 18.9 Å². The van der Waals surface area contributed by atoms with Gasteiger partial charge in [-0.15, -0.1) is 10.2 Å². The molecule has 0 aliphatic heterocycles. The summed E-state index contributed by atoms with van der Waals surface area (Å²) in [5.74, 6) is 0.447. The summed E-state index contributed by atoms with van der Waals surface area (Å²) in [6, 6.07) is 15.6. The third-order valence-electron chi connectivity index (χ3n) is 2.95. The minimum Gasteiger partial charge on any atom is -0.478 e. The first-order valence-corrected chi connectivity index (χ1v) is 6.54. The molecule has 0 unspecified atom stereocenters. The zero-order valence-corrected chi connectivity index (χ0v) is 11.4. The summed E-state index contributed by atoms with van der Waals surface area (Å²) >= 11 is 0. The van der Waals surface area contributed by atoms with Gasteiger partial charge in [-0.2, -0.15) is 0 Å². The molecule has 0 spiro atoms. The SMILES string of the molecule is C[C@H](Oc1ccccc1F)c1nnc(-c2ccccc2)o1. The molecule has 1 heterocycles. The molecule has 5 heteroatoms. The molecule has 0 saturated carbocycles. The highest BCUT2D eigenvalue weighted by atomic mass is 19.1. The number of hydrogen-bond acceptors (Lipinski definition) is 4. The van der Waals surface area contributed by atoms with Crippen molar-refractivity contribution in [3.05, 3.63) is 66.3 Å². The van der Waals surface area contributed by atoms with E-state index in [2.05, 4.69) is 10.2 Å². The molecule has 3 rings (SSSR count). The highest BCUT2D eigenvalue weighted by molar-refractivity contribution is 5.51. The number of hydrogen-bond donors (Lipinski definition) is 0. The number of halogens is 1. The summed E-state index contributed by atoms with van der Waals surface area (Å²) in [6.07, 6.45) is -0.535. The summed E-state index contributed by atoms with van der Waals surface area (Å²) in [5.41, 5.74) is 0.828. The molecule has 4 nitrogen and oxygen atoms in total.